The average molecular weight is 491 g/mol. The van der Waals surface area contributed by atoms with Gasteiger partial charge in [0.1, 0.15) is 23.0 Å². The first-order chi connectivity index (χ1) is 17.5. The van der Waals surface area contributed by atoms with Gasteiger partial charge in [0, 0.05) is 29.4 Å². The van der Waals surface area contributed by atoms with Crippen molar-refractivity contribution >= 4 is 17.5 Å². The van der Waals surface area contributed by atoms with E-state index in [0.29, 0.717) is 29.3 Å². The van der Waals surface area contributed by atoms with Gasteiger partial charge in [-0.05, 0) is 67.4 Å². The topological polar surface area (TPSA) is 86.3 Å². The SMILES string of the molecule is COc1cccc(NC(=O)COc2ccc(C(=O)N3CCCC3c3cc(OC)ccc3OC)cc2)c1. The van der Waals surface area contributed by atoms with E-state index < -0.39 is 0 Å². The van der Waals surface area contributed by atoms with E-state index in [0.717, 1.165) is 29.9 Å². The number of methoxy groups -OCH3 is 3. The third kappa shape index (κ3) is 5.71. The lowest BCUT2D eigenvalue weighted by molar-refractivity contribution is -0.118. The van der Waals surface area contributed by atoms with Gasteiger partial charge in [0.15, 0.2) is 6.61 Å². The molecule has 1 heterocycles. The molecule has 0 spiro atoms. The van der Waals surface area contributed by atoms with Gasteiger partial charge in [-0.15, -0.1) is 0 Å². The van der Waals surface area contributed by atoms with Gasteiger partial charge in [-0.25, -0.2) is 0 Å². The predicted octanol–water partition coefficient (Wildman–Crippen LogP) is 4.71. The maximum atomic E-state index is 13.4. The summed E-state index contributed by atoms with van der Waals surface area (Å²) in [6.07, 6.45) is 1.75. The molecule has 3 aromatic rings. The van der Waals surface area contributed by atoms with Crippen LogP contribution in [-0.4, -0.2) is 51.2 Å². The maximum Gasteiger partial charge on any atom is 0.262 e. The number of carbonyl (C=O) groups excluding carboxylic acids is 2. The standard InChI is InChI=1S/C28H30N2O6/c1-33-22-7-4-6-20(16-22)29-27(31)18-36-21-11-9-19(10-12-21)28(32)30-15-5-8-25(30)24-17-23(34-2)13-14-26(24)35-3/h4,6-7,9-14,16-17,25H,5,8,15,18H2,1-3H3,(H,29,31). The second-order valence-corrected chi connectivity index (χ2v) is 8.36. The third-order valence-electron chi connectivity index (χ3n) is 6.13. The minimum atomic E-state index is -0.296. The summed E-state index contributed by atoms with van der Waals surface area (Å²) in [7, 11) is 4.81. The van der Waals surface area contributed by atoms with Crippen molar-refractivity contribution in [1.82, 2.24) is 4.90 Å². The van der Waals surface area contributed by atoms with Gasteiger partial charge in [0.25, 0.3) is 11.8 Å². The van der Waals surface area contributed by atoms with Crippen LogP contribution in [0.5, 0.6) is 23.0 Å². The Kier molecular flexibility index (Phi) is 7.95. The van der Waals surface area contributed by atoms with Crippen molar-refractivity contribution in [1.29, 1.82) is 0 Å². The highest BCUT2D eigenvalue weighted by Crippen LogP contribution is 2.39. The number of ether oxygens (including phenoxy) is 4. The molecule has 4 rings (SSSR count). The van der Waals surface area contributed by atoms with E-state index in [1.54, 1.807) is 69.9 Å². The summed E-state index contributed by atoms with van der Waals surface area (Å²) in [6.45, 7) is 0.501. The summed E-state index contributed by atoms with van der Waals surface area (Å²) in [5, 5.41) is 2.77. The van der Waals surface area contributed by atoms with Crippen LogP contribution >= 0.6 is 0 Å². The Morgan fingerprint density at radius 2 is 1.61 bits per heavy atom. The Hall–Kier alpha value is -4.20. The summed E-state index contributed by atoms with van der Waals surface area (Å²) >= 11 is 0. The predicted molar refractivity (Wildman–Crippen MR) is 136 cm³/mol. The molecule has 0 bridgehead atoms. The molecule has 1 atom stereocenters. The maximum absolute atomic E-state index is 13.4. The van der Waals surface area contributed by atoms with Crippen LogP contribution in [0.3, 0.4) is 0 Å². The second kappa shape index (κ2) is 11.5. The Bertz CT molecular complexity index is 1210. The number of amides is 2. The Balaban J connectivity index is 1.39. The highest BCUT2D eigenvalue weighted by molar-refractivity contribution is 5.95. The zero-order valence-electron chi connectivity index (χ0n) is 20.7. The first-order valence-electron chi connectivity index (χ1n) is 11.7. The number of hydrogen-bond donors (Lipinski definition) is 1. The Morgan fingerprint density at radius 3 is 2.33 bits per heavy atom. The molecule has 8 nitrogen and oxygen atoms in total. The van der Waals surface area contributed by atoms with E-state index in [4.69, 9.17) is 18.9 Å². The summed E-state index contributed by atoms with van der Waals surface area (Å²) in [6, 6.07) is 19.5. The van der Waals surface area contributed by atoms with Crippen LogP contribution in [0.4, 0.5) is 5.69 Å². The van der Waals surface area contributed by atoms with Gasteiger partial charge in [0.05, 0.1) is 27.4 Å². The molecule has 1 fully saturated rings. The minimum Gasteiger partial charge on any atom is -0.497 e. The minimum absolute atomic E-state index is 0.0651. The zero-order chi connectivity index (χ0) is 25.5. The number of nitrogens with one attached hydrogen (secondary N) is 1. The molecule has 1 N–H and O–H groups in total. The average Bonchev–Trinajstić information content (AvgIpc) is 3.41. The van der Waals surface area contributed by atoms with Crippen LogP contribution in [0.2, 0.25) is 0 Å². The molecule has 36 heavy (non-hydrogen) atoms. The van der Waals surface area contributed by atoms with E-state index in [-0.39, 0.29) is 24.5 Å². The highest BCUT2D eigenvalue weighted by atomic mass is 16.5. The Labute approximate surface area is 210 Å². The van der Waals surface area contributed by atoms with Crippen LogP contribution in [0.15, 0.2) is 66.7 Å². The van der Waals surface area contributed by atoms with Crippen molar-refractivity contribution < 1.29 is 28.5 Å². The molecule has 1 saturated heterocycles. The summed E-state index contributed by atoms with van der Waals surface area (Å²) in [5.41, 5.74) is 2.11. The number of rotatable bonds is 9. The summed E-state index contributed by atoms with van der Waals surface area (Å²) in [5.74, 6) is 2.25. The van der Waals surface area contributed by atoms with Gasteiger partial charge in [-0.3, -0.25) is 9.59 Å². The van der Waals surface area contributed by atoms with Crippen molar-refractivity contribution in [2.24, 2.45) is 0 Å². The molecule has 0 aromatic heterocycles. The normalized spacial score (nSPS) is 14.8. The summed E-state index contributed by atoms with van der Waals surface area (Å²) in [4.78, 5) is 27.5. The van der Waals surface area contributed by atoms with Crippen molar-refractivity contribution in [3.8, 4) is 23.0 Å². The van der Waals surface area contributed by atoms with Gasteiger partial charge in [-0.2, -0.15) is 0 Å². The van der Waals surface area contributed by atoms with Crippen molar-refractivity contribution in [3.63, 3.8) is 0 Å². The molecular weight excluding hydrogens is 460 g/mol. The van der Waals surface area contributed by atoms with Gasteiger partial charge < -0.3 is 29.2 Å². The van der Waals surface area contributed by atoms with Gasteiger partial charge in [0.2, 0.25) is 0 Å². The number of hydrogen-bond acceptors (Lipinski definition) is 6. The third-order valence-corrected chi connectivity index (χ3v) is 6.13. The van der Waals surface area contributed by atoms with E-state index in [1.165, 1.54) is 0 Å². The lowest BCUT2D eigenvalue weighted by atomic mass is 10.0. The van der Waals surface area contributed by atoms with Gasteiger partial charge >= 0.3 is 0 Å². The van der Waals surface area contributed by atoms with Crippen LogP contribution in [0, 0.1) is 0 Å². The molecule has 188 valence electrons. The van der Waals surface area contributed by atoms with E-state index in [9.17, 15) is 9.59 Å². The van der Waals surface area contributed by atoms with Crippen LogP contribution < -0.4 is 24.3 Å². The molecule has 1 unspecified atom stereocenters. The number of anilines is 1. The lowest BCUT2D eigenvalue weighted by Crippen LogP contribution is -2.30. The number of likely N-dealkylation sites (tertiary alicyclic amines) is 1. The van der Waals surface area contributed by atoms with Crippen molar-refractivity contribution in [3.05, 3.63) is 77.9 Å². The van der Waals surface area contributed by atoms with E-state index in [2.05, 4.69) is 5.32 Å². The fourth-order valence-electron chi connectivity index (χ4n) is 4.34. The number of nitrogens with zero attached hydrogens (tertiary/aromatic N) is 1. The first kappa shape index (κ1) is 24.9. The smallest absolute Gasteiger partial charge is 0.262 e. The van der Waals surface area contributed by atoms with Crippen molar-refractivity contribution in [2.45, 2.75) is 18.9 Å². The molecule has 1 aliphatic heterocycles. The monoisotopic (exact) mass is 490 g/mol. The Morgan fingerprint density at radius 1 is 0.889 bits per heavy atom. The largest absolute Gasteiger partial charge is 0.497 e. The van der Waals surface area contributed by atoms with Crippen LogP contribution in [-0.2, 0) is 4.79 Å². The fraction of sp³-hybridized carbons (Fsp3) is 0.286. The molecule has 2 amide bonds. The summed E-state index contributed by atoms with van der Waals surface area (Å²) < 4.78 is 21.7. The molecule has 0 saturated carbocycles. The van der Waals surface area contributed by atoms with E-state index >= 15 is 0 Å². The fourth-order valence-corrected chi connectivity index (χ4v) is 4.34. The quantitative estimate of drug-likeness (QED) is 0.468. The zero-order valence-corrected chi connectivity index (χ0v) is 20.7. The second-order valence-electron chi connectivity index (χ2n) is 8.36. The van der Waals surface area contributed by atoms with Crippen molar-refractivity contribution in [2.75, 3.05) is 39.8 Å². The van der Waals surface area contributed by atoms with E-state index in [1.807, 2.05) is 23.1 Å². The molecule has 1 aliphatic rings. The highest BCUT2D eigenvalue weighted by Gasteiger charge is 2.32. The van der Waals surface area contributed by atoms with Crippen LogP contribution in [0.1, 0.15) is 34.8 Å². The first-order valence-corrected chi connectivity index (χ1v) is 11.7. The lowest BCUT2D eigenvalue weighted by Gasteiger charge is -2.27. The molecule has 8 heteroatoms. The molecule has 0 radical (unpaired) electrons. The number of benzene rings is 3. The number of carbonyl (C=O) groups is 2. The molecule has 3 aromatic carbocycles. The van der Waals surface area contributed by atoms with Gasteiger partial charge in [-0.1, -0.05) is 6.07 Å². The molecule has 0 aliphatic carbocycles. The van der Waals surface area contributed by atoms with Crippen LogP contribution in [0.25, 0.3) is 0 Å². The molecular formula is C28H30N2O6.